The number of aromatic nitrogens is 1. The summed E-state index contributed by atoms with van der Waals surface area (Å²) in [6.07, 6.45) is 0. The van der Waals surface area contributed by atoms with Crippen LogP contribution in [0, 0.1) is 0 Å². The summed E-state index contributed by atoms with van der Waals surface area (Å²) in [5.74, 6) is -0.316. The molecule has 0 saturated heterocycles. The van der Waals surface area contributed by atoms with E-state index in [4.69, 9.17) is 4.74 Å². The van der Waals surface area contributed by atoms with Crippen molar-refractivity contribution in [2.75, 3.05) is 32.1 Å². The van der Waals surface area contributed by atoms with Gasteiger partial charge in [0.2, 0.25) is 0 Å². The van der Waals surface area contributed by atoms with E-state index in [0.717, 1.165) is 29.7 Å². The molecular formula is C14H19N3O2. The van der Waals surface area contributed by atoms with Gasteiger partial charge in [-0.25, -0.2) is 4.79 Å². The Morgan fingerprint density at radius 2 is 2.16 bits per heavy atom. The van der Waals surface area contributed by atoms with Gasteiger partial charge < -0.3 is 20.4 Å². The first kappa shape index (κ1) is 13.4. The standard InChI is InChI=1S/C14H19N3O2/c1-3-19-14(18)13-8-10-4-5-11(9-12(10)17-13)16-7-6-15-2/h4-5,8-9,15-17H,3,6-7H2,1-2H3. The third kappa shape index (κ3) is 3.26. The van der Waals surface area contributed by atoms with Gasteiger partial charge in [0.25, 0.3) is 0 Å². The van der Waals surface area contributed by atoms with Crippen LogP contribution in [0.1, 0.15) is 17.4 Å². The SMILES string of the molecule is CCOC(=O)c1cc2ccc(NCCNC)cc2[nH]1. The Hall–Kier alpha value is -2.01. The lowest BCUT2D eigenvalue weighted by atomic mass is 10.2. The number of anilines is 1. The maximum atomic E-state index is 11.6. The summed E-state index contributed by atoms with van der Waals surface area (Å²) < 4.78 is 4.97. The van der Waals surface area contributed by atoms with Gasteiger partial charge in [0.05, 0.1) is 6.61 Å². The van der Waals surface area contributed by atoms with Gasteiger partial charge >= 0.3 is 5.97 Å². The second-order valence-electron chi connectivity index (χ2n) is 4.24. The van der Waals surface area contributed by atoms with Crippen LogP contribution >= 0.6 is 0 Å². The lowest BCUT2D eigenvalue weighted by molar-refractivity contribution is 0.0520. The van der Waals surface area contributed by atoms with Gasteiger partial charge in [-0.15, -0.1) is 0 Å². The Morgan fingerprint density at radius 3 is 2.89 bits per heavy atom. The van der Waals surface area contributed by atoms with Gasteiger partial charge in [-0.1, -0.05) is 6.07 Å². The number of fused-ring (bicyclic) bond motifs is 1. The minimum Gasteiger partial charge on any atom is -0.461 e. The molecule has 0 radical (unpaired) electrons. The van der Waals surface area contributed by atoms with E-state index in [1.165, 1.54) is 0 Å². The quantitative estimate of drug-likeness (QED) is 0.549. The van der Waals surface area contributed by atoms with Crippen molar-refractivity contribution in [3.63, 3.8) is 0 Å². The molecule has 5 nitrogen and oxygen atoms in total. The molecule has 0 saturated carbocycles. The fourth-order valence-corrected chi connectivity index (χ4v) is 1.89. The Morgan fingerprint density at radius 1 is 1.32 bits per heavy atom. The molecule has 2 rings (SSSR count). The summed E-state index contributed by atoms with van der Waals surface area (Å²) in [5, 5.41) is 7.38. The van der Waals surface area contributed by atoms with Crippen molar-refractivity contribution in [2.45, 2.75) is 6.92 Å². The molecule has 19 heavy (non-hydrogen) atoms. The maximum Gasteiger partial charge on any atom is 0.354 e. The third-order valence-electron chi connectivity index (χ3n) is 2.82. The number of hydrogen-bond acceptors (Lipinski definition) is 4. The Bertz CT molecular complexity index is 563. The normalized spacial score (nSPS) is 10.6. The summed E-state index contributed by atoms with van der Waals surface area (Å²) in [6.45, 7) is 3.93. The first-order valence-corrected chi connectivity index (χ1v) is 6.43. The number of esters is 1. The van der Waals surface area contributed by atoms with Crippen molar-refractivity contribution in [2.24, 2.45) is 0 Å². The zero-order valence-corrected chi connectivity index (χ0v) is 11.2. The molecule has 0 spiro atoms. The minimum absolute atomic E-state index is 0.316. The molecule has 1 aromatic carbocycles. The first-order valence-electron chi connectivity index (χ1n) is 6.43. The van der Waals surface area contributed by atoms with E-state index in [2.05, 4.69) is 15.6 Å². The van der Waals surface area contributed by atoms with Gasteiger partial charge in [-0.3, -0.25) is 0 Å². The average Bonchev–Trinajstić information content (AvgIpc) is 2.82. The molecule has 2 aromatic rings. The van der Waals surface area contributed by atoms with Crippen molar-refractivity contribution in [3.05, 3.63) is 30.0 Å². The maximum absolute atomic E-state index is 11.6. The van der Waals surface area contributed by atoms with E-state index < -0.39 is 0 Å². The highest BCUT2D eigenvalue weighted by atomic mass is 16.5. The number of hydrogen-bond donors (Lipinski definition) is 3. The highest BCUT2D eigenvalue weighted by Crippen LogP contribution is 2.20. The van der Waals surface area contributed by atoms with Crippen molar-refractivity contribution >= 4 is 22.6 Å². The molecule has 0 atom stereocenters. The third-order valence-corrected chi connectivity index (χ3v) is 2.82. The lowest BCUT2D eigenvalue weighted by Crippen LogP contribution is -2.17. The number of carbonyl (C=O) groups is 1. The minimum atomic E-state index is -0.316. The van der Waals surface area contributed by atoms with Gasteiger partial charge in [-0.2, -0.15) is 0 Å². The second-order valence-corrected chi connectivity index (χ2v) is 4.24. The molecule has 1 heterocycles. The predicted molar refractivity (Wildman–Crippen MR) is 76.7 cm³/mol. The van der Waals surface area contributed by atoms with Crippen LogP contribution in [0.15, 0.2) is 24.3 Å². The molecule has 3 N–H and O–H groups in total. The van der Waals surface area contributed by atoms with Crippen LogP contribution in [0.4, 0.5) is 5.69 Å². The number of carbonyl (C=O) groups excluding carboxylic acids is 1. The van der Waals surface area contributed by atoms with E-state index in [1.54, 1.807) is 6.92 Å². The summed E-state index contributed by atoms with van der Waals surface area (Å²) in [5.41, 5.74) is 2.45. The van der Waals surface area contributed by atoms with E-state index in [0.29, 0.717) is 12.3 Å². The average molecular weight is 261 g/mol. The zero-order valence-electron chi connectivity index (χ0n) is 11.2. The smallest absolute Gasteiger partial charge is 0.354 e. The molecule has 0 fully saturated rings. The molecule has 5 heteroatoms. The lowest BCUT2D eigenvalue weighted by Gasteiger charge is -2.05. The van der Waals surface area contributed by atoms with Crippen LogP contribution < -0.4 is 10.6 Å². The number of H-pyrrole nitrogens is 1. The summed E-state index contributed by atoms with van der Waals surface area (Å²) in [4.78, 5) is 14.7. The number of likely N-dealkylation sites (N-methyl/N-ethyl adjacent to an activating group) is 1. The molecule has 0 aliphatic carbocycles. The first-order chi connectivity index (χ1) is 9.24. The monoisotopic (exact) mass is 261 g/mol. The molecule has 0 aliphatic heterocycles. The fourth-order valence-electron chi connectivity index (χ4n) is 1.89. The zero-order chi connectivity index (χ0) is 13.7. The van der Waals surface area contributed by atoms with Crippen molar-refractivity contribution in [1.29, 1.82) is 0 Å². The van der Waals surface area contributed by atoms with Crippen LogP contribution in [0.3, 0.4) is 0 Å². The number of rotatable bonds is 6. The Balaban J connectivity index is 2.16. The van der Waals surface area contributed by atoms with Crippen LogP contribution in [-0.4, -0.2) is 37.7 Å². The molecule has 102 valence electrons. The molecule has 0 aliphatic rings. The van der Waals surface area contributed by atoms with E-state index >= 15 is 0 Å². The predicted octanol–water partition coefficient (Wildman–Crippen LogP) is 1.98. The van der Waals surface area contributed by atoms with Crippen LogP contribution in [0.25, 0.3) is 10.9 Å². The van der Waals surface area contributed by atoms with E-state index in [1.807, 2.05) is 31.3 Å². The Kier molecular flexibility index (Phi) is 4.41. The molecule has 0 bridgehead atoms. The van der Waals surface area contributed by atoms with Crippen LogP contribution in [-0.2, 0) is 4.74 Å². The second kappa shape index (κ2) is 6.24. The Labute approximate surface area is 112 Å². The fraction of sp³-hybridized carbons (Fsp3) is 0.357. The van der Waals surface area contributed by atoms with Gasteiger partial charge in [0.15, 0.2) is 0 Å². The topological polar surface area (TPSA) is 66.2 Å². The number of ether oxygens (including phenoxy) is 1. The molecule has 0 amide bonds. The molecular weight excluding hydrogens is 242 g/mol. The highest BCUT2D eigenvalue weighted by molar-refractivity contribution is 5.95. The molecule has 0 unspecified atom stereocenters. The number of nitrogens with one attached hydrogen (secondary N) is 3. The van der Waals surface area contributed by atoms with Gasteiger partial charge in [-0.05, 0) is 32.2 Å². The number of aromatic amines is 1. The van der Waals surface area contributed by atoms with Crippen LogP contribution in [0.2, 0.25) is 0 Å². The summed E-state index contributed by atoms with van der Waals surface area (Å²) in [6, 6.07) is 7.79. The summed E-state index contributed by atoms with van der Waals surface area (Å²) in [7, 11) is 1.92. The van der Waals surface area contributed by atoms with Crippen molar-refractivity contribution in [1.82, 2.24) is 10.3 Å². The van der Waals surface area contributed by atoms with Crippen molar-refractivity contribution < 1.29 is 9.53 Å². The van der Waals surface area contributed by atoms with Gasteiger partial charge in [0.1, 0.15) is 5.69 Å². The van der Waals surface area contributed by atoms with E-state index in [-0.39, 0.29) is 5.97 Å². The molecule has 1 aromatic heterocycles. The highest BCUT2D eigenvalue weighted by Gasteiger charge is 2.10. The van der Waals surface area contributed by atoms with Gasteiger partial charge in [0, 0.05) is 29.7 Å². The van der Waals surface area contributed by atoms with Crippen LogP contribution in [0.5, 0.6) is 0 Å². The summed E-state index contributed by atoms with van der Waals surface area (Å²) >= 11 is 0. The largest absolute Gasteiger partial charge is 0.461 e. The van der Waals surface area contributed by atoms with Crippen molar-refractivity contribution in [3.8, 4) is 0 Å². The number of benzene rings is 1. The van der Waals surface area contributed by atoms with E-state index in [9.17, 15) is 4.79 Å².